The summed E-state index contributed by atoms with van der Waals surface area (Å²) in [6.07, 6.45) is 2.66. The molecule has 1 heteroatoms. The first-order valence-electron chi connectivity index (χ1n) is 6.76. The fraction of sp³-hybridized carbons (Fsp3) is 0.625. The van der Waals surface area contributed by atoms with Gasteiger partial charge in [0.1, 0.15) is 0 Å². The molecule has 0 aromatic heterocycles. The molecule has 1 heterocycles. The number of aryl methyl sites for hydroxylation is 1. The van der Waals surface area contributed by atoms with Crippen LogP contribution < -0.4 is 0 Å². The van der Waals surface area contributed by atoms with E-state index in [1.54, 1.807) is 0 Å². The molecule has 1 aromatic rings. The number of nitrogens with zero attached hydrogens (tertiary/aromatic N) is 1. The Balaban J connectivity index is 2.15. The summed E-state index contributed by atoms with van der Waals surface area (Å²) in [4.78, 5) is 2.45. The van der Waals surface area contributed by atoms with Crippen molar-refractivity contribution in [2.24, 2.45) is 5.92 Å². The van der Waals surface area contributed by atoms with Crippen LogP contribution >= 0.6 is 0 Å². The lowest BCUT2D eigenvalue weighted by Crippen LogP contribution is -2.39. The van der Waals surface area contributed by atoms with Gasteiger partial charge in [-0.15, -0.1) is 0 Å². The van der Waals surface area contributed by atoms with Crippen molar-refractivity contribution >= 4 is 0 Å². The molecule has 1 aliphatic rings. The van der Waals surface area contributed by atoms with Crippen molar-refractivity contribution in [3.63, 3.8) is 0 Å². The van der Waals surface area contributed by atoms with E-state index in [0.717, 1.165) is 5.92 Å². The lowest BCUT2D eigenvalue weighted by Gasteiger charge is -2.40. The molecule has 0 unspecified atom stereocenters. The van der Waals surface area contributed by atoms with Crippen LogP contribution in [0.2, 0.25) is 0 Å². The highest BCUT2D eigenvalue weighted by Crippen LogP contribution is 2.37. The first-order valence-corrected chi connectivity index (χ1v) is 6.76. The van der Waals surface area contributed by atoms with Crippen LogP contribution in [0.15, 0.2) is 24.3 Å². The largest absolute Gasteiger partial charge is 0.306 e. The molecule has 94 valence electrons. The van der Waals surface area contributed by atoms with E-state index in [9.17, 15) is 0 Å². The van der Waals surface area contributed by atoms with Crippen LogP contribution in [-0.2, 0) is 5.41 Å². The van der Waals surface area contributed by atoms with Crippen LogP contribution in [0.5, 0.6) is 0 Å². The van der Waals surface area contributed by atoms with Gasteiger partial charge in [0.05, 0.1) is 0 Å². The first kappa shape index (κ1) is 12.6. The molecule has 1 fully saturated rings. The zero-order valence-electron chi connectivity index (χ0n) is 11.7. The van der Waals surface area contributed by atoms with Crippen molar-refractivity contribution in [3.05, 3.63) is 35.4 Å². The van der Waals surface area contributed by atoms with Gasteiger partial charge in [0.25, 0.3) is 0 Å². The van der Waals surface area contributed by atoms with E-state index in [4.69, 9.17) is 0 Å². The summed E-state index contributed by atoms with van der Waals surface area (Å²) < 4.78 is 0. The Morgan fingerprint density at radius 1 is 1.06 bits per heavy atom. The van der Waals surface area contributed by atoms with Gasteiger partial charge in [-0.05, 0) is 56.8 Å². The predicted octanol–water partition coefficient (Wildman–Crippen LogP) is 3.61. The molecule has 0 spiro atoms. The number of piperidine rings is 1. The van der Waals surface area contributed by atoms with E-state index >= 15 is 0 Å². The summed E-state index contributed by atoms with van der Waals surface area (Å²) in [6, 6.07) is 9.11. The Morgan fingerprint density at radius 2 is 1.59 bits per heavy atom. The second-order valence-electron chi connectivity index (χ2n) is 6.17. The van der Waals surface area contributed by atoms with Gasteiger partial charge in [0, 0.05) is 0 Å². The summed E-state index contributed by atoms with van der Waals surface area (Å²) in [5, 5.41) is 0. The summed E-state index contributed by atoms with van der Waals surface area (Å²) in [5.74, 6) is 0.821. The molecule has 0 bridgehead atoms. The maximum Gasteiger partial charge on any atom is -0.00188 e. The average Bonchev–Trinajstić information content (AvgIpc) is 2.30. The highest BCUT2D eigenvalue weighted by atomic mass is 15.1. The zero-order valence-corrected chi connectivity index (χ0v) is 11.7. The van der Waals surface area contributed by atoms with Crippen LogP contribution in [0.1, 0.15) is 37.8 Å². The van der Waals surface area contributed by atoms with Gasteiger partial charge >= 0.3 is 0 Å². The minimum absolute atomic E-state index is 0.314. The van der Waals surface area contributed by atoms with Gasteiger partial charge in [0.15, 0.2) is 0 Å². The summed E-state index contributed by atoms with van der Waals surface area (Å²) in [7, 11) is 2.23. The molecule has 0 N–H and O–H groups in total. The normalized spacial score (nSPS) is 19.5. The number of benzene rings is 1. The smallest absolute Gasteiger partial charge is 0.00188 e. The Hall–Kier alpha value is -0.820. The van der Waals surface area contributed by atoms with Crippen LogP contribution in [0, 0.1) is 12.8 Å². The Kier molecular flexibility index (Phi) is 3.58. The molecule has 0 aliphatic carbocycles. The molecule has 0 saturated carbocycles. The number of likely N-dealkylation sites (tertiary alicyclic amines) is 1. The molecule has 0 atom stereocenters. The minimum atomic E-state index is 0.314. The van der Waals surface area contributed by atoms with Crippen molar-refractivity contribution < 1.29 is 0 Å². The van der Waals surface area contributed by atoms with Gasteiger partial charge < -0.3 is 4.90 Å². The van der Waals surface area contributed by atoms with Crippen LogP contribution in [0.4, 0.5) is 0 Å². The third kappa shape index (κ3) is 2.71. The minimum Gasteiger partial charge on any atom is -0.306 e. The Bertz CT molecular complexity index is 356. The van der Waals surface area contributed by atoms with Gasteiger partial charge in [0.2, 0.25) is 0 Å². The molecule has 1 saturated heterocycles. The maximum absolute atomic E-state index is 2.45. The standard InChI is InChI=1S/C16H25N/c1-13-5-7-14(8-6-13)16(2,3)15-9-11-17(4)12-10-15/h5-8,15H,9-12H2,1-4H3. The SMILES string of the molecule is Cc1ccc(C(C)(C)C2CCN(C)CC2)cc1. The molecule has 0 radical (unpaired) electrons. The van der Waals surface area contributed by atoms with E-state index in [0.29, 0.717) is 5.41 Å². The lowest BCUT2D eigenvalue weighted by atomic mass is 9.69. The van der Waals surface area contributed by atoms with Gasteiger partial charge in [-0.3, -0.25) is 0 Å². The van der Waals surface area contributed by atoms with Crippen molar-refractivity contribution in [3.8, 4) is 0 Å². The number of hydrogen-bond acceptors (Lipinski definition) is 1. The molecule has 0 amide bonds. The topological polar surface area (TPSA) is 3.24 Å². The van der Waals surface area contributed by atoms with Crippen LogP contribution in [0.25, 0.3) is 0 Å². The Labute approximate surface area is 106 Å². The summed E-state index contributed by atoms with van der Waals surface area (Å²) >= 11 is 0. The predicted molar refractivity (Wildman–Crippen MR) is 74.4 cm³/mol. The lowest BCUT2D eigenvalue weighted by molar-refractivity contribution is 0.163. The molecule has 1 aromatic carbocycles. The van der Waals surface area contributed by atoms with Crippen LogP contribution in [-0.4, -0.2) is 25.0 Å². The summed E-state index contributed by atoms with van der Waals surface area (Å²) in [5.41, 5.74) is 3.17. The monoisotopic (exact) mass is 231 g/mol. The number of rotatable bonds is 2. The quantitative estimate of drug-likeness (QED) is 0.751. The molecule has 1 aliphatic heterocycles. The van der Waals surface area contributed by atoms with Crippen molar-refractivity contribution in [2.75, 3.05) is 20.1 Å². The van der Waals surface area contributed by atoms with E-state index in [1.165, 1.54) is 37.1 Å². The first-order chi connectivity index (χ1) is 8.00. The molecule has 17 heavy (non-hydrogen) atoms. The van der Waals surface area contributed by atoms with Crippen molar-refractivity contribution in [2.45, 2.75) is 39.0 Å². The van der Waals surface area contributed by atoms with E-state index < -0.39 is 0 Å². The maximum atomic E-state index is 2.45. The van der Waals surface area contributed by atoms with E-state index in [-0.39, 0.29) is 0 Å². The van der Waals surface area contributed by atoms with Gasteiger partial charge in [-0.25, -0.2) is 0 Å². The second kappa shape index (κ2) is 4.81. The van der Waals surface area contributed by atoms with Gasteiger partial charge in [-0.2, -0.15) is 0 Å². The van der Waals surface area contributed by atoms with E-state index in [1.807, 2.05) is 0 Å². The average molecular weight is 231 g/mol. The third-order valence-corrected chi connectivity index (χ3v) is 4.53. The fourth-order valence-corrected chi connectivity index (χ4v) is 2.95. The van der Waals surface area contributed by atoms with Crippen molar-refractivity contribution in [1.82, 2.24) is 4.90 Å². The molecular formula is C16H25N. The van der Waals surface area contributed by atoms with Crippen LogP contribution in [0.3, 0.4) is 0 Å². The highest BCUT2D eigenvalue weighted by Gasteiger charge is 2.32. The van der Waals surface area contributed by atoms with Crippen molar-refractivity contribution in [1.29, 1.82) is 0 Å². The Morgan fingerprint density at radius 3 is 2.12 bits per heavy atom. The molecule has 2 rings (SSSR count). The second-order valence-corrected chi connectivity index (χ2v) is 6.17. The third-order valence-electron chi connectivity index (χ3n) is 4.53. The summed E-state index contributed by atoms with van der Waals surface area (Å²) in [6.45, 7) is 9.48. The molecular weight excluding hydrogens is 206 g/mol. The zero-order chi connectivity index (χ0) is 12.5. The number of hydrogen-bond donors (Lipinski definition) is 0. The van der Waals surface area contributed by atoms with E-state index in [2.05, 4.69) is 57.0 Å². The highest BCUT2D eigenvalue weighted by molar-refractivity contribution is 5.28. The fourth-order valence-electron chi connectivity index (χ4n) is 2.95. The molecule has 1 nitrogen and oxygen atoms in total. The van der Waals surface area contributed by atoms with Gasteiger partial charge in [-0.1, -0.05) is 43.7 Å².